The molecule has 3 N–H and O–H groups in total. The van der Waals surface area contributed by atoms with Crippen molar-refractivity contribution in [3.63, 3.8) is 0 Å². The molecule has 1 saturated heterocycles. The maximum atomic E-state index is 12.6. The van der Waals surface area contributed by atoms with Gasteiger partial charge < -0.3 is 15.6 Å². The van der Waals surface area contributed by atoms with Gasteiger partial charge in [-0.3, -0.25) is 14.5 Å². The number of piperazine rings is 1. The number of aromatic nitrogens is 1. The first-order chi connectivity index (χ1) is 14.6. The molecule has 0 aliphatic carbocycles. The summed E-state index contributed by atoms with van der Waals surface area (Å²) < 4.78 is 0. The van der Waals surface area contributed by atoms with E-state index < -0.39 is 6.04 Å². The molecule has 4 rings (SSSR count). The Morgan fingerprint density at radius 3 is 2.83 bits per heavy atom. The van der Waals surface area contributed by atoms with E-state index in [0.29, 0.717) is 18.1 Å². The molecule has 3 aromatic rings. The van der Waals surface area contributed by atoms with Crippen molar-refractivity contribution in [3.05, 3.63) is 70.9 Å². The van der Waals surface area contributed by atoms with E-state index in [4.69, 9.17) is 11.6 Å². The van der Waals surface area contributed by atoms with Crippen LogP contribution in [0.4, 0.5) is 0 Å². The van der Waals surface area contributed by atoms with Gasteiger partial charge in [-0.15, -0.1) is 0 Å². The number of benzene rings is 2. The lowest BCUT2D eigenvalue weighted by Crippen LogP contribution is -2.56. The fourth-order valence-electron chi connectivity index (χ4n) is 3.87. The third kappa shape index (κ3) is 5.01. The van der Waals surface area contributed by atoms with Gasteiger partial charge in [0.25, 0.3) is 0 Å². The molecule has 0 saturated carbocycles. The van der Waals surface area contributed by atoms with E-state index in [2.05, 4.69) is 32.7 Å². The maximum absolute atomic E-state index is 12.6. The third-order valence-corrected chi connectivity index (χ3v) is 5.70. The van der Waals surface area contributed by atoms with Crippen LogP contribution in [-0.4, -0.2) is 47.4 Å². The Morgan fingerprint density at radius 1 is 1.17 bits per heavy atom. The minimum Gasteiger partial charge on any atom is -0.357 e. The zero-order valence-electron chi connectivity index (χ0n) is 16.7. The smallest absolute Gasteiger partial charge is 0.237 e. The van der Waals surface area contributed by atoms with Gasteiger partial charge in [0.05, 0.1) is 19.0 Å². The van der Waals surface area contributed by atoms with Crippen molar-refractivity contribution in [2.45, 2.75) is 25.4 Å². The zero-order valence-corrected chi connectivity index (χ0v) is 17.4. The number of fused-ring (bicyclic) bond motifs is 1. The van der Waals surface area contributed by atoms with E-state index >= 15 is 0 Å². The van der Waals surface area contributed by atoms with Crippen molar-refractivity contribution in [1.29, 1.82) is 0 Å². The van der Waals surface area contributed by atoms with Crippen LogP contribution in [0.25, 0.3) is 10.9 Å². The summed E-state index contributed by atoms with van der Waals surface area (Å²) in [6.07, 6.45) is 0.997. The number of nitrogens with zero attached hydrogens (tertiary/aromatic N) is 1. The first kappa shape index (κ1) is 20.4. The molecule has 156 valence electrons. The molecule has 2 aromatic carbocycles. The van der Waals surface area contributed by atoms with Crippen LogP contribution in [-0.2, 0) is 22.6 Å². The predicted molar refractivity (Wildman–Crippen MR) is 118 cm³/mol. The predicted octanol–water partition coefficient (Wildman–Crippen LogP) is 2.87. The topological polar surface area (TPSA) is 77.2 Å². The molecule has 1 aliphatic rings. The second kappa shape index (κ2) is 9.32. The molecule has 30 heavy (non-hydrogen) atoms. The summed E-state index contributed by atoms with van der Waals surface area (Å²) in [5, 5.41) is 7.49. The van der Waals surface area contributed by atoms with Crippen LogP contribution in [0.3, 0.4) is 0 Å². The molecule has 6 nitrogen and oxygen atoms in total. The van der Waals surface area contributed by atoms with Crippen molar-refractivity contribution >= 4 is 34.3 Å². The summed E-state index contributed by atoms with van der Waals surface area (Å²) in [6, 6.07) is 17.3. The Morgan fingerprint density at radius 2 is 2.00 bits per heavy atom. The number of H-pyrrole nitrogens is 1. The average Bonchev–Trinajstić information content (AvgIpc) is 3.15. The molecular weight excluding hydrogens is 400 g/mol. The second-order valence-corrected chi connectivity index (χ2v) is 8.02. The molecule has 0 radical (unpaired) electrons. The van der Waals surface area contributed by atoms with Gasteiger partial charge in [0.1, 0.15) is 0 Å². The largest absolute Gasteiger partial charge is 0.357 e. The molecular formula is C23H25ClN4O2. The van der Waals surface area contributed by atoms with Gasteiger partial charge in [-0.2, -0.15) is 0 Å². The van der Waals surface area contributed by atoms with Gasteiger partial charge in [0, 0.05) is 41.3 Å². The van der Waals surface area contributed by atoms with Crippen LogP contribution in [0.15, 0.2) is 54.6 Å². The quantitative estimate of drug-likeness (QED) is 0.545. The summed E-state index contributed by atoms with van der Waals surface area (Å²) in [4.78, 5) is 30.4. The van der Waals surface area contributed by atoms with Crippen molar-refractivity contribution in [2.75, 3.05) is 19.6 Å². The van der Waals surface area contributed by atoms with Gasteiger partial charge >= 0.3 is 0 Å². The van der Waals surface area contributed by atoms with E-state index in [9.17, 15) is 9.59 Å². The lowest BCUT2D eigenvalue weighted by atomic mass is 10.1. The average molecular weight is 425 g/mol. The van der Waals surface area contributed by atoms with Crippen LogP contribution in [0, 0.1) is 0 Å². The fourth-order valence-corrected chi connectivity index (χ4v) is 4.05. The van der Waals surface area contributed by atoms with Crippen LogP contribution >= 0.6 is 11.6 Å². The van der Waals surface area contributed by atoms with Crippen molar-refractivity contribution < 1.29 is 9.59 Å². The fraction of sp³-hybridized carbons (Fsp3) is 0.304. The highest BCUT2D eigenvalue weighted by atomic mass is 35.5. The molecule has 0 bridgehead atoms. The normalized spacial score (nSPS) is 17.1. The van der Waals surface area contributed by atoms with Crippen LogP contribution in [0.1, 0.15) is 17.7 Å². The minimum absolute atomic E-state index is 0.0790. The maximum Gasteiger partial charge on any atom is 0.237 e. The van der Waals surface area contributed by atoms with E-state index in [1.807, 2.05) is 42.5 Å². The van der Waals surface area contributed by atoms with Crippen molar-refractivity contribution in [1.82, 2.24) is 20.5 Å². The van der Waals surface area contributed by atoms with Gasteiger partial charge in [0.2, 0.25) is 11.8 Å². The number of carbonyl (C=O) groups excluding carboxylic acids is 2. The summed E-state index contributed by atoms with van der Waals surface area (Å²) in [7, 11) is 0. The molecule has 1 aliphatic heterocycles. The lowest BCUT2D eigenvalue weighted by molar-refractivity contribution is -0.134. The van der Waals surface area contributed by atoms with E-state index in [0.717, 1.165) is 36.1 Å². The van der Waals surface area contributed by atoms with Crippen LogP contribution in [0.5, 0.6) is 0 Å². The molecule has 1 atom stereocenters. The molecule has 1 fully saturated rings. The van der Waals surface area contributed by atoms with Gasteiger partial charge in [-0.1, -0.05) is 41.9 Å². The standard InChI is InChI=1S/C23H25ClN4O2/c24-18-6-7-20-17(12-18)13-19(27-20)15-26-22(29)14-21-23(30)25-9-11-28(21)10-8-16-4-2-1-3-5-16/h1-7,12-13,21,27H,8-11,14-15H2,(H,25,30)(H,26,29). The summed E-state index contributed by atoms with van der Waals surface area (Å²) >= 11 is 6.03. The first-order valence-corrected chi connectivity index (χ1v) is 10.6. The van der Waals surface area contributed by atoms with E-state index in [-0.39, 0.29) is 18.2 Å². The second-order valence-electron chi connectivity index (χ2n) is 7.59. The van der Waals surface area contributed by atoms with E-state index in [1.54, 1.807) is 0 Å². The van der Waals surface area contributed by atoms with Gasteiger partial charge in [-0.25, -0.2) is 0 Å². The molecule has 2 amide bonds. The number of carbonyl (C=O) groups is 2. The monoisotopic (exact) mass is 424 g/mol. The summed E-state index contributed by atoms with van der Waals surface area (Å²) in [5.74, 6) is -0.219. The van der Waals surface area contributed by atoms with Gasteiger partial charge in [0.15, 0.2) is 0 Å². The molecule has 7 heteroatoms. The highest BCUT2D eigenvalue weighted by molar-refractivity contribution is 6.31. The van der Waals surface area contributed by atoms with Crippen LogP contribution in [0.2, 0.25) is 5.02 Å². The van der Waals surface area contributed by atoms with Crippen molar-refractivity contribution in [3.8, 4) is 0 Å². The number of nitrogens with one attached hydrogen (secondary N) is 3. The van der Waals surface area contributed by atoms with Crippen LogP contribution < -0.4 is 10.6 Å². The number of halogens is 1. The Hall–Kier alpha value is -2.83. The summed E-state index contributed by atoms with van der Waals surface area (Å²) in [6.45, 7) is 2.49. The lowest BCUT2D eigenvalue weighted by Gasteiger charge is -2.34. The SMILES string of the molecule is O=C(CC1C(=O)NCCN1CCc1ccccc1)NCc1cc2cc(Cl)ccc2[nH]1. The number of rotatable bonds is 7. The number of hydrogen-bond acceptors (Lipinski definition) is 3. The minimum atomic E-state index is -0.441. The number of hydrogen-bond donors (Lipinski definition) is 3. The van der Waals surface area contributed by atoms with E-state index in [1.165, 1.54) is 5.56 Å². The highest BCUT2D eigenvalue weighted by Gasteiger charge is 2.31. The highest BCUT2D eigenvalue weighted by Crippen LogP contribution is 2.20. The zero-order chi connectivity index (χ0) is 20.9. The molecule has 0 spiro atoms. The number of aromatic amines is 1. The first-order valence-electron chi connectivity index (χ1n) is 10.2. The Balaban J connectivity index is 1.33. The Bertz CT molecular complexity index is 1030. The Kier molecular flexibility index (Phi) is 6.35. The molecule has 2 heterocycles. The Labute approximate surface area is 180 Å². The molecule has 1 aromatic heterocycles. The third-order valence-electron chi connectivity index (χ3n) is 5.47. The summed E-state index contributed by atoms with van der Waals surface area (Å²) in [5.41, 5.74) is 3.10. The molecule has 1 unspecified atom stereocenters. The number of amides is 2. The van der Waals surface area contributed by atoms with Crippen molar-refractivity contribution in [2.24, 2.45) is 0 Å². The van der Waals surface area contributed by atoms with Gasteiger partial charge in [-0.05, 0) is 36.2 Å².